The van der Waals surface area contributed by atoms with E-state index in [0.717, 1.165) is 37.6 Å². The molecule has 1 N–H and O–H groups in total. The summed E-state index contributed by atoms with van der Waals surface area (Å²) in [6.45, 7) is 2.03. The summed E-state index contributed by atoms with van der Waals surface area (Å²) in [4.78, 5) is 24.4. The van der Waals surface area contributed by atoms with Crippen molar-refractivity contribution in [3.05, 3.63) is 39.7 Å². The molecule has 2 aliphatic heterocycles. The van der Waals surface area contributed by atoms with Crippen molar-refractivity contribution in [2.45, 2.75) is 18.9 Å². The Morgan fingerprint density at radius 2 is 2.24 bits per heavy atom. The van der Waals surface area contributed by atoms with E-state index in [0.29, 0.717) is 19.0 Å². The van der Waals surface area contributed by atoms with Gasteiger partial charge in [0.05, 0.1) is 4.92 Å². The van der Waals surface area contributed by atoms with Gasteiger partial charge in [0.1, 0.15) is 11.4 Å². The molecule has 1 amide bonds. The molecule has 21 heavy (non-hydrogen) atoms. The Morgan fingerprint density at radius 3 is 2.95 bits per heavy atom. The lowest BCUT2D eigenvalue weighted by Crippen LogP contribution is -2.41. The maximum absolute atomic E-state index is 13.3. The molecule has 0 unspecified atom stereocenters. The number of amides is 1. The number of hydrogen-bond acceptors (Lipinski definition) is 4. The number of halogens is 1. The standard InChI is InChI=1S/C14H16FN3O3/c15-10-3-4-13(18(20)21)11(6-10)14(19)17-7-9-2-1-5-16-12(9)8-17/h3-4,6,9,12,16H,1-2,5,7-8H2/t9-,12+/m0/s1. The van der Waals surface area contributed by atoms with Crippen molar-refractivity contribution in [1.82, 2.24) is 10.2 Å². The minimum Gasteiger partial charge on any atom is -0.337 e. The average Bonchev–Trinajstić information content (AvgIpc) is 2.89. The highest BCUT2D eigenvalue weighted by molar-refractivity contribution is 5.98. The zero-order chi connectivity index (χ0) is 15.0. The summed E-state index contributed by atoms with van der Waals surface area (Å²) in [5.74, 6) is -0.716. The second kappa shape index (κ2) is 5.40. The van der Waals surface area contributed by atoms with Crippen LogP contribution in [0.1, 0.15) is 23.2 Å². The lowest BCUT2D eigenvalue weighted by molar-refractivity contribution is -0.385. The van der Waals surface area contributed by atoms with Crippen LogP contribution in [-0.4, -0.2) is 41.4 Å². The van der Waals surface area contributed by atoms with Crippen LogP contribution in [0.5, 0.6) is 0 Å². The Hall–Kier alpha value is -2.02. The number of fused-ring (bicyclic) bond motifs is 1. The molecule has 2 fully saturated rings. The molecule has 112 valence electrons. The predicted octanol–water partition coefficient (Wildman–Crippen LogP) is 1.56. The van der Waals surface area contributed by atoms with Crippen molar-refractivity contribution >= 4 is 11.6 Å². The molecule has 2 heterocycles. The van der Waals surface area contributed by atoms with Gasteiger partial charge in [-0.3, -0.25) is 14.9 Å². The lowest BCUT2D eigenvalue weighted by atomic mass is 9.94. The lowest BCUT2D eigenvalue weighted by Gasteiger charge is -2.24. The molecule has 0 saturated carbocycles. The number of carbonyl (C=O) groups is 1. The summed E-state index contributed by atoms with van der Waals surface area (Å²) < 4.78 is 13.3. The zero-order valence-corrected chi connectivity index (χ0v) is 11.4. The Morgan fingerprint density at radius 1 is 1.43 bits per heavy atom. The summed E-state index contributed by atoms with van der Waals surface area (Å²) in [5.41, 5.74) is -0.511. The third-order valence-electron chi connectivity index (χ3n) is 4.27. The van der Waals surface area contributed by atoms with Gasteiger partial charge in [-0.1, -0.05) is 0 Å². The number of rotatable bonds is 2. The van der Waals surface area contributed by atoms with Crippen LogP contribution in [0.3, 0.4) is 0 Å². The molecule has 2 atom stereocenters. The second-order valence-corrected chi connectivity index (χ2v) is 5.59. The van der Waals surface area contributed by atoms with E-state index < -0.39 is 16.6 Å². The van der Waals surface area contributed by atoms with E-state index in [9.17, 15) is 19.3 Å². The fourth-order valence-electron chi connectivity index (χ4n) is 3.22. The number of carbonyl (C=O) groups excluding carboxylic acids is 1. The molecular weight excluding hydrogens is 277 g/mol. The van der Waals surface area contributed by atoms with Crippen molar-refractivity contribution in [2.75, 3.05) is 19.6 Å². The van der Waals surface area contributed by atoms with Crippen molar-refractivity contribution < 1.29 is 14.1 Å². The Balaban J connectivity index is 1.85. The molecule has 1 aromatic rings. The van der Waals surface area contributed by atoms with Crippen LogP contribution in [0.2, 0.25) is 0 Å². The summed E-state index contributed by atoms with van der Waals surface area (Å²) in [6, 6.07) is 3.25. The van der Waals surface area contributed by atoms with Gasteiger partial charge in [0.25, 0.3) is 11.6 Å². The van der Waals surface area contributed by atoms with Crippen LogP contribution in [0, 0.1) is 21.8 Å². The fourth-order valence-corrected chi connectivity index (χ4v) is 3.22. The van der Waals surface area contributed by atoms with Gasteiger partial charge >= 0.3 is 0 Å². The summed E-state index contributed by atoms with van der Waals surface area (Å²) in [5, 5.41) is 14.4. The first-order valence-corrected chi connectivity index (χ1v) is 7.03. The number of hydrogen-bond donors (Lipinski definition) is 1. The van der Waals surface area contributed by atoms with Crippen molar-refractivity contribution in [3.8, 4) is 0 Å². The van der Waals surface area contributed by atoms with E-state index in [2.05, 4.69) is 5.32 Å². The number of nitrogens with one attached hydrogen (secondary N) is 1. The summed E-state index contributed by atoms with van der Waals surface area (Å²) >= 11 is 0. The minimum atomic E-state index is -0.645. The third kappa shape index (κ3) is 2.61. The summed E-state index contributed by atoms with van der Waals surface area (Å²) in [7, 11) is 0. The van der Waals surface area contributed by atoms with E-state index in [1.165, 1.54) is 0 Å². The van der Waals surface area contributed by atoms with Gasteiger partial charge in [0, 0.05) is 25.2 Å². The fraction of sp³-hybridized carbons (Fsp3) is 0.500. The number of nitro benzene ring substituents is 1. The molecule has 7 heteroatoms. The molecule has 2 saturated heterocycles. The minimum absolute atomic E-state index is 0.168. The zero-order valence-electron chi connectivity index (χ0n) is 11.4. The topological polar surface area (TPSA) is 75.5 Å². The highest BCUT2D eigenvalue weighted by atomic mass is 19.1. The number of piperidine rings is 1. The highest BCUT2D eigenvalue weighted by Crippen LogP contribution is 2.28. The Labute approximate surface area is 121 Å². The molecule has 0 radical (unpaired) electrons. The first-order valence-electron chi connectivity index (χ1n) is 7.03. The molecule has 6 nitrogen and oxygen atoms in total. The van der Waals surface area contributed by atoms with E-state index in [1.807, 2.05) is 0 Å². The van der Waals surface area contributed by atoms with Gasteiger partial charge in [-0.15, -0.1) is 0 Å². The van der Waals surface area contributed by atoms with Crippen molar-refractivity contribution in [2.24, 2.45) is 5.92 Å². The molecule has 1 aromatic carbocycles. The second-order valence-electron chi connectivity index (χ2n) is 5.59. The van der Waals surface area contributed by atoms with Gasteiger partial charge in [-0.05, 0) is 37.4 Å². The normalized spacial score (nSPS) is 24.7. The van der Waals surface area contributed by atoms with Crippen LogP contribution >= 0.6 is 0 Å². The molecule has 2 aliphatic rings. The van der Waals surface area contributed by atoms with E-state index in [1.54, 1.807) is 4.90 Å². The average molecular weight is 293 g/mol. The maximum Gasteiger partial charge on any atom is 0.282 e. The van der Waals surface area contributed by atoms with Crippen LogP contribution in [-0.2, 0) is 0 Å². The van der Waals surface area contributed by atoms with Gasteiger partial charge < -0.3 is 10.2 Å². The van der Waals surface area contributed by atoms with E-state index >= 15 is 0 Å². The van der Waals surface area contributed by atoms with Crippen LogP contribution in [0.4, 0.5) is 10.1 Å². The Bertz CT molecular complexity index is 579. The molecule has 0 aliphatic carbocycles. The van der Waals surface area contributed by atoms with E-state index in [4.69, 9.17) is 0 Å². The van der Waals surface area contributed by atoms with Gasteiger partial charge in [0.15, 0.2) is 0 Å². The molecule has 0 bridgehead atoms. The number of benzene rings is 1. The van der Waals surface area contributed by atoms with E-state index in [-0.39, 0.29) is 17.3 Å². The third-order valence-corrected chi connectivity index (χ3v) is 4.27. The quantitative estimate of drug-likeness (QED) is 0.663. The smallest absolute Gasteiger partial charge is 0.282 e. The molecule has 0 aromatic heterocycles. The monoisotopic (exact) mass is 293 g/mol. The van der Waals surface area contributed by atoms with Gasteiger partial charge in [-0.25, -0.2) is 4.39 Å². The molecular formula is C14H16FN3O3. The number of likely N-dealkylation sites (tertiary alicyclic amines) is 1. The van der Waals surface area contributed by atoms with Crippen molar-refractivity contribution in [1.29, 1.82) is 0 Å². The van der Waals surface area contributed by atoms with Crippen LogP contribution < -0.4 is 5.32 Å². The van der Waals surface area contributed by atoms with Gasteiger partial charge in [-0.2, -0.15) is 0 Å². The van der Waals surface area contributed by atoms with Crippen LogP contribution in [0.25, 0.3) is 0 Å². The first kappa shape index (κ1) is 13.9. The predicted molar refractivity (Wildman–Crippen MR) is 73.5 cm³/mol. The maximum atomic E-state index is 13.3. The van der Waals surface area contributed by atoms with Crippen molar-refractivity contribution in [3.63, 3.8) is 0 Å². The highest BCUT2D eigenvalue weighted by Gasteiger charge is 2.38. The van der Waals surface area contributed by atoms with Crippen LogP contribution in [0.15, 0.2) is 18.2 Å². The molecule has 0 spiro atoms. The molecule has 3 rings (SSSR count). The first-order chi connectivity index (χ1) is 10.1. The Kier molecular flexibility index (Phi) is 3.59. The summed E-state index contributed by atoms with van der Waals surface area (Å²) in [6.07, 6.45) is 2.12. The SMILES string of the molecule is O=C(c1cc(F)ccc1[N+](=O)[O-])N1C[C@@H]2CCCN[C@@H]2C1. The van der Waals surface area contributed by atoms with Gasteiger partial charge in [0.2, 0.25) is 0 Å². The largest absolute Gasteiger partial charge is 0.337 e. The number of nitrogens with zero attached hydrogens (tertiary/aromatic N) is 2. The number of nitro groups is 1.